The fourth-order valence-corrected chi connectivity index (χ4v) is 3.82. The van der Waals surface area contributed by atoms with Crippen LogP contribution in [0.15, 0.2) is 30.3 Å². The highest BCUT2D eigenvalue weighted by Crippen LogP contribution is 2.28. The number of likely N-dealkylation sites (N-methyl/N-ethyl adjacent to an activating group) is 1. The topological polar surface area (TPSA) is 67.9 Å². The number of nitrogens with zero attached hydrogens (tertiary/aromatic N) is 3. The molecule has 0 aliphatic carbocycles. The van der Waals surface area contributed by atoms with Crippen molar-refractivity contribution >= 4 is 11.9 Å². The van der Waals surface area contributed by atoms with Crippen LogP contribution in [0.4, 0.5) is 4.79 Å². The summed E-state index contributed by atoms with van der Waals surface area (Å²) in [5, 5.41) is 5.92. The lowest BCUT2D eigenvalue weighted by molar-refractivity contribution is -0.129. The van der Waals surface area contributed by atoms with E-state index in [4.69, 9.17) is 0 Å². The number of fused-ring (bicyclic) bond motifs is 3. The van der Waals surface area contributed by atoms with E-state index < -0.39 is 0 Å². The Bertz CT molecular complexity index is 622. The SMILES string of the molecule is CN1C(=O)NC(=O)C2C1NC1N(Cc3ccccc3)CCCN21. The molecule has 3 aliphatic rings. The van der Waals surface area contributed by atoms with Gasteiger partial charge in [-0.25, -0.2) is 4.79 Å². The van der Waals surface area contributed by atoms with Gasteiger partial charge in [-0.15, -0.1) is 0 Å². The molecule has 0 bridgehead atoms. The summed E-state index contributed by atoms with van der Waals surface area (Å²) in [7, 11) is 1.73. The zero-order valence-corrected chi connectivity index (χ0v) is 13.1. The van der Waals surface area contributed by atoms with E-state index in [9.17, 15) is 9.59 Å². The number of urea groups is 1. The average molecular weight is 315 g/mol. The number of hydrogen-bond donors (Lipinski definition) is 2. The molecular formula is C16H21N5O2. The molecule has 7 nitrogen and oxygen atoms in total. The molecule has 3 aliphatic heterocycles. The molecule has 0 spiro atoms. The summed E-state index contributed by atoms with van der Waals surface area (Å²) in [6.45, 7) is 2.66. The van der Waals surface area contributed by atoms with E-state index in [1.165, 1.54) is 5.56 Å². The standard InChI is InChI=1S/C16H21N5O2/c1-19-13-12(14(22)18-16(19)23)21-9-5-8-20(15(21)17-13)10-11-6-3-2-4-7-11/h2-4,6-7,12-13,15,17H,5,8-10H2,1H3,(H,18,22,23). The molecule has 1 aromatic carbocycles. The quantitative estimate of drug-likeness (QED) is 0.801. The molecule has 4 rings (SSSR count). The molecule has 3 amide bonds. The van der Waals surface area contributed by atoms with Crippen LogP contribution in [0.25, 0.3) is 0 Å². The molecule has 0 aromatic heterocycles. The first-order valence-electron chi connectivity index (χ1n) is 8.02. The molecule has 1 aromatic rings. The monoisotopic (exact) mass is 315 g/mol. The number of carbonyl (C=O) groups is 2. The molecule has 3 fully saturated rings. The van der Waals surface area contributed by atoms with Crippen LogP contribution in [0.3, 0.4) is 0 Å². The number of hydrogen-bond acceptors (Lipinski definition) is 5. The van der Waals surface area contributed by atoms with Crippen molar-refractivity contribution in [1.82, 2.24) is 25.3 Å². The summed E-state index contributed by atoms with van der Waals surface area (Å²) in [6, 6.07) is 9.67. The van der Waals surface area contributed by atoms with Gasteiger partial charge >= 0.3 is 6.03 Å². The van der Waals surface area contributed by atoms with Gasteiger partial charge < -0.3 is 4.90 Å². The van der Waals surface area contributed by atoms with Crippen LogP contribution in [0, 0.1) is 0 Å². The lowest BCUT2D eigenvalue weighted by atomic mass is 10.1. The zero-order chi connectivity index (χ0) is 16.0. The molecule has 3 heterocycles. The fraction of sp³-hybridized carbons (Fsp3) is 0.500. The van der Waals surface area contributed by atoms with E-state index in [-0.39, 0.29) is 30.4 Å². The van der Waals surface area contributed by atoms with Gasteiger partial charge in [0.25, 0.3) is 0 Å². The molecule has 3 atom stereocenters. The Morgan fingerprint density at radius 1 is 1.17 bits per heavy atom. The molecule has 0 radical (unpaired) electrons. The number of imide groups is 1. The largest absolute Gasteiger partial charge is 0.325 e. The van der Waals surface area contributed by atoms with Gasteiger partial charge in [0.2, 0.25) is 5.91 Å². The van der Waals surface area contributed by atoms with Crippen molar-refractivity contribution in [3.8, 4) is 0 Å². The highest BCUT2D eigenvalue weighted by atomic mass is 16.2. The fourth-order valence-electron chi connectivity index (χ4n) is 3.82. The maximum absolute atomic E-state index is 12.3. The van der Waals surface area contributed by atoms with Crippen LogP contribution in [0.2, 0.25) is 0 Å². The minimum absolute atomic E-state index is 0.0157. The number of nitrogens with one attached hydrogen (secondary N) is 2. The van der Waals surface area contributed by atoms with Gasteiger partial charge in [-0.3, -0.25) is 25.2 Å². The summed E-state index contributed by atoms with van der Waals surface area (Å²) in [4.78, 5) is 30.2. The summed E-state index contributed by atoms with van der Waals surface area (Å²) in [6.07, 6.45) is 0.731. The summed E-state index contributed by atoms with van der Waals surface area (Å²) in [5.41, 5.74) is 1.25. The predicted molar refractivity (Wildman–Crippen MR) is 84.0 cm³/mol. The third-order valence-electron chi connectivity index (χ3n) is 4.96. The third-order valence-corrected chi connectivity index (χ3v) is 4.96. The number of rotatable bonds is 2. The van der Waals surface area contributed by atoms with Gasteiger partial charge in [0.15, 0.2) is 0 Å². The maximum atomic E-state index is 12.3. The Labute approximate surface area is 135 Å². The molecule has 7 heteroatoms. The first-order chi connectivity index (χ1) is 11.1. The highest BCUT2D eigenvalue weighted by Gasteiger charge is 2.53. The highest BCUT2D eigenvalue weighted by molar-refractivity contribution is 6.00. The molecule has 0 saturated carbocycles. The van der Waals surface area contributed by atoms with E-state index in [1.807, 2.05) is 18.2 Å². The normalized spacial score (nSPS) is 31.7. The van der Waals surface area contributed by atoms with Crippen molar-refractivity contribution < 1.29 is 9.59 Å². The van der Waals surface area contributed by atoms with E-state index in [0.29, 0.717) is 0 Å². The minimum atomic E-state index is -0.335. The lowest BCUT2D eigenvalue weighted by Gasteiger charge is -2.41. The van der Waals surface area contributed by atoms with Crippen molar-refractivity contribution in [2.24, 2.45) is 0 Å². The number of amides is 3. The first kappa shape index (κ1) is 14.6. The molecule has 122 valence electrons. The lowest BCUT2D eigenvalue weighted by Crippen LogP contribution is -2.65. The van der Waals surface area contributed by atoms with Crippen LogP contribution >= 0.6 is 0 Å². The second-order valence-corrected chi connectivity index (χ2v) is 6.38. The van der Waals surface area contributed by atoms with Gasteiger partial charge in [-0.05, 0) is 12.0 Å². The summed E-state index contributed by atoms with van der Waals surface area (Å²) >= 11 is 0. The Morgan fingerprint density at radius 2 is 1.96 bits per heavy atom. The Morgan fingerprint density at radius 3 is 2.74 bits per heavy atom. The Hall–Kier alpha value is -1.96. The van der Waals surface area contributed by atoms with Crippen LogP contribution in [-0.4, -0.2) is 65.3 Å². The van der Waals surface area contributed by atoms with Crippen LogP contribution < -0.4 is 10.6 Å². The van der Waals surface area contributed by atoms with Crippen LogP contribution in [0.1, 0.15) is 12.0 Å². The molecular weight excluding hydrogens is 294 g/mol. The molecule has 23 heavy (non-hydrogen) atoms. The predicted octanol–water partition coefficient (Wildman–Crippen LogP) is -0.0426. The van der Waals surface area contributed by atoms with Crippen LogP contribution in [-0.2, 0) is 11.3 Å². The van der Waals surface area contributed by atoms with E-state index in [0.717, 1.165) is 26.1 Å². The Kier molecular flexibility index (Phi) is 3.56. The van der Waals surface area contributed by atoms with Crippen molar-refractivity contribution in [2.45, 2.75) is 31.5 Å². The third kappa shape index (κ3) is 2.41. The Balaban J connectivity index is 1.57. The van der Waals surface area contributed by atoms with Crippen LogP contribution in [0.5, 0.6) is 0 Å². The summed E-state index contributed by atoms with van der Waals surface area (Å²) < 4.78 is 0. The van der Waals surface area contributed by atoms with Crippen molar-refractivity contribution in [3.63, 3.8) is 0 Å². The zero-order valence-electron chi connectivity index (χ0n) is 13.1. The van der Waals surface area contributed by atoms with Crippen molar-refractivity contribution in [1.29, 1.82) is 0 Å². The smallest absolute Gasteiger partial charge is 0.310 e. The molecule has 2 N–H and O–H groups in total. The molecule has 3 saturated heterocycles. The number of benzene rings is 1. The van der Waals surface area contributed by atoms with Gasteiger partial charge in [0.1, 0.15) is 18.5 Å². The van der Waals surface area contributed by atoms with Crippen molar-refractivity contribution in [3.05, 3.63) is 35.9 Å². The van der Waals surface area contributed by atoms with Crippen molar-refractivity contribution in [2.75, 3.05) is 20.1 Å². The van der Waals surface area contributed by atoms with Gasteiger partial charge in [0, 0.05) is 26.7 Å². The summed E-state index contributed by atoms with van der Waals surface area (Å²) in [5.74, 6) is -0.199. The van der Waals surface area contributed by atoms with E-state index >= 15 is 0 Å². The number of carbonyl (C=O) groups excluding carboxylic acids is 2. The molecule has 3 unspecified atom stereocenters. The van der Waals surface area contributed by atoms with Gasteiger partial charge in [-0.2, -0.15) is 0 Å². The minimum Gasteiger partial charge on any atom is -0.310 e. The second-order valence-electron chi connectivity index (χ2n) is 6.38. The van der Waals surface area contributed by atoms with E-state index in [1.54, 1.807) is 11.9 Å². The van der Waals surface area contributed by atoms with Gasteiger partial charge in [0.05, 0.1) is 0 Å². The van der Waals surface area contributed by atoms with Gasteiger partial charge in [-0.1, -0.05) is 30.3 Å². The van der Waals surface area contributed by atoms with E-state index in [2.05, 4.69) is 32.6 Å². The average Bonchev–Trinajstić information content (AvgIpc) is 2.95. The second kappa shape index (κ2) is 5.59. The first-order valence-corrected chi connectivity index (χ1v) is 8.02. The maximum Gasteiger partial charge on any atom is 0.325 e.